The molecule has 2 aromatic rings. The molecule has 2 N–H and O–H groups in total. The van der Waals surface area contributed by atoms with Crippen molar-refractivity contribution in [2.45, 2.75) is 31.3 Å². The van der Waals surface area contributed by atoms with Gasteiger partial charge in [-0.15, -0.1) is 0 Å². The summed E-state index contributed by atoms with van der Waals surface area (Å²) in [6.07, 6.45) is 1.93. The van der Waals surface area contributed by atoms with Crippen LogP contribution in [0.4, 0.5) is 0 Å². The van der Waals surface area contributed by atoms with Crippen LogP contribution in [-0.4, -0.2) is 23.2 Å². The maximum Gasteiger partial charge on any atom is 0.223 e. The van der Waals surface area contributed by atoms with Crippen molar-refractivity contribution in [3.8, 4) is 0 Å². The molecule has 0 heterocycles. The maximum atomic E-state index is 11.9. The quantitative estimate of drug-likeness (QED) is 0.861. The third-order valence-corrected chi connectivity index (χ3v) is 4.46. The third kappa shape index (κ3) is 3.80. The molecule has 0 saturated heterocycles. The highest BCUT2D eigenvalue weighted by molar-refractivity contribution is 5.80. The Morgan fingerprint density at radius 2 is 1.57 bits per heavy atom. The van der Waals surface area contributed by atoms with E-state index in [1.165, 1.54) is 0 Å². The van der Waals surface area contributed by atoms with Crippen molar-refractivity contribution < 1.29 is 9.90 Å². The van der Waals surface area contributed by atoms with Crippen LogP contribution < -0.4 is 5.32 Å². The Labute approximate surface area is 137 Å². The van der Waals surface area contributed by atoms with E-state index in [-0.39, 0.29) is 24.3 Å². The lowest BCUT2D eigenvalue weighted by molar-refractivity contribution is -0.123. The highest BCUT2D eigenvalue weighted by atomic mass is 16.3. The number of hydrogen-bond donors (Lipinski definition) is 2. The molecular formula is C20H23NO2. The summed E-state index contributed by atoms with van der Waals surface area (Å²) in [5.41, 5.74) is 1.03. The van der Waals surface area contributed by atoms with Crippen LogP contribution >= 0.6 is 0 Å². The van der Waals surface area contributed by atoms with E-state index in [1.807, 2.05) is 60.7 Å². The second-order valence-electron chi connectivity index (χ2n) is 6.60. The molecule has 23 heavy (non-hydrogen) atoms. The zero-order valence-electron chi connectivity index (χ0n) is 13.4. The van der Waals surface area contributed by atoms with Gasteiger partial charge in [-0.05, 0) is 30.9 Å². The summed E-state index contributed by atoms with van der Waals surface area (Å²) in [5.74, 6) is 0.0206. The summed E-state index contributed by atoms with van der Waals surface area (Å²) >= 11 is 0. The second-order valence-corrected chi connectivity index (χ2v) is 6.60. The molecule has 0 spiro atoms. The van der Waals surface area contributed by atoms with Crippen LogP contribution in [0.2, 0.25) is 0 Å². The molecule has 0 bridgehead atoms. The SMILES string of the molecule is C[C@@](O)(CNC(=O)C1CC1)C(c1ccccc1)c1ccccc1. The van der Waals surface area contributed by atoms with E-state index in [4.69, 9.17) is 0 Å². The minimum absolute atomic E-state index is 0.0603. The number of nitrogens with one attached hydrogen (secondary N) is 1. The molecule has 1 atom stereocenters. The molecule has 1 saturated carbocycles. The van der Waals surface area contributed by atoms with Gasteiger partial charge in [-0.2, -0.15) is 0 Å². The predicted molar refractivity (Wildman–Crippen MR) is 91.1 cm³/mol. The predicted octanol–water partition coefficient (Wildman–Crippen LogP) is 3.10. The minimum Gasteiger partial charge on any atom is -0.387 e. The maximum absolute atomic E-state index is 11.9. The summed E-state index contributed by atoms with van der Waals surface area (Å²) in [5, 5.41) is 14.0. The average molecular weight is 309 g/mol. The van der Waals surface area contributed by atoms with Crippen LogP contribution in [0.5, 0.6) is 0 Å². The first-order valence-corrected chi connectivity index (χ1v) is 8.18. The van der Waals surface area contributed by atoms with E-state index in [0.717, 1.165) is 24.0 Å². The smallest absolute Gasteiger partial charge is 0.223 e. The van der Waals surface area contributed by atoms with Gasteiger partial charge in [0, 0.05) is 18.4 Å². The Hall–Kier alpha value is -2.13. The van der Waals surface area contributed by atoms with Crippen molar-refractivity contribution in [3.63, 3.8) is 0 Å². The fraction of sp³-hybridized carbons (Fsp3) is 0.350. The largest absolute Gasteiger partial charge is 0.387 e. The highest BCUT2D eigenvalue weighted by Crippen LogP contribution is 2.35. The summed E-state index contributed by atoms with van der Waals surface area (Å²) in [7, 11) is 0. The first kappa shape index (κ1) is 15.8. The third-order valence-electron chi connectivity index (χ3n) is 4.46. The van der Waals surface area contributed by atoms with Gasteiger partial charge >= 0.3 is 0 Å². The molecular weight excluding hydrogens is 286 g/mol. The van der Waals surface area contributed by atoms with E-state index in [0.29, 0.717) is 0 Å². The summed E-state index contributed by atoms with van der Waals surface area (Å²) in [6.45, 7) is 2.04. The van der Waals surface area contributed by atoms with E-state index in [1.54, 1.807) is 6.92 Å². The summed E-state index contributed by atoms with van der Waals surface area (Å²) in [4.78, 5) is 11.9. The molecule has 3 heteroatoms. The van der Waals surface area contributed by atoms with Gasteiger partial charge in [0.05, 0.1) is 5.60 Å². The first-order valence-electron chi connectivity index (χ1n) is 8.18. The fourth-order valence-corrected chi connectivity index (χ4v) is 3.06. The summed E-state index contributed by atoms with van der Waals surface area (Å²) in [6, 6.07) is 19.9. The van der Waals surface area contributed by atoms with Crippen molar-refractivity contribution in [2.75, 3.05) is 6.54 Å². The van der Waals surface area contributed by atoms with E-state index in [9.17, 15) is 9.90 Å². The molecule has 0 unspecified atom stereocenters. The molecule has 3 nitrogen and oxygen atoms in total. The number of carbonyl (C=O) groups is 1. The molecule has 1 aliphatic rings. The van der Waals surface area contributed by atoms with Crippen LogP contribution in [0.1, 0.15) is 36.8 Å². The molecule has 2 aromatic carbocycles. The van der Waals surface area contributed by atoms with Crippen LogP contribution in [0, 0.1) is 5.92 Å². The van der Waals surface area contributed by atoms with Crippen molar-refractivity contribution in [2.24, 2.45) is 5.92 Å². The molecule has 1 amide bonds. The van der Waals surface area contributed by atoms with E-state index in [2.05, 4.69) is 5.32 Å². The lowest BCUT2D eigenvalue weighted by Gasteiger charge is -2.34. The zero-order chi connectivity index (χ0) is 16.3. The Morgan fingerprint density at radius 3 is 2.00 bits per heavy atom. The Bertz CT molecular complexity index is 608. The lowest BCUT2D eigenvalue weighted by Crippen LogP contribution is -2.45. The normalized spacial score (nSPS) is 16.8. The number of rotatable bonds is 6. The van der Waals surface area contributed by atoms with Gasteiger partial charge in [-0.3, -0.25) is 4.79 Å². The van der Waals surface area contributed by atoms with Crippen LogP contribution in [0.3, 0.4) is 0 Å². The Morgan fingerprint density at radius 1 is 1.09 bits per heavy atom. The molecule has 0 radical (unpaired) electrons. The van der Waals surface area contributed by atoms with Gasteiger partial charge in [0.15, 0.2) is 0 Å². The van der Waals surface area contributed by atoms with Crippen LogP contribution in [0.15, 0.2) is 60.7 Å². The summed E-state index contributed by atoms with van der Waals surface area (Å²) < 4.78 is 0. The van der Waals surface area contributed by atoms with Gasteiger partial charge in [-0.1, -0.05) is 60.7 Å². The fourth-order valence-electron chi connectivity index (χ4n) is 3.06. The van der Waals surface area contributed by atoms with Gasteiger partial charge < -0.3 is 10.4 Å². The molecule has 120 valence electrons. The first-order chi connectivity index (χ1) is 11.1. The van der Waals surface area contributed by atoms with Gasteiger partial charge in [0.25, 0.3) is 0 Å². The molecule has 1 fully saturated rings. The minimum atomic E-state index is -1.06. The Balaban J connectivity index is 1.85. The van der Waals surface area contributed by atoms with Gasteiger partial charge in [0.1, 0.15) is 0 Å². The number of benzene rings is 2. The Kier molecular flexibility index (Phi) is 4.49. The van der Waals surface area contributed by atoms with Crippen LogP contribution in [0.25, 0.3) is 0 Å². The van der Waals surface area contributed by atoms with Crippen molar-refractivity contribution in [3.05, 3.63) is 71.8 Å². The monoisotopic (exact) mass is 309 g/mol. The number of hydrogen-bond acceptors (Lipinski definition) is 2. The molecule has 0 aliphatic heterocycles. The van der Waals surface area contributed by atoms with Crippen molar-refractivity contribution in [1.82, 2.24) is 5.32 Å². The van der Waals surface area contributed by atoms with E-state index >= 15 is 0 Å². The number of amides is 1. The van der Waals surface area contributed by atoms with Crippen molar-refractivity contribution >= 4 is 5.91 Å². The number of carbonyl (C=O) groups excluding carboxylic acids is 1. The molecule has 0 aromatic heterocycles. The highest BCUT2D eigenvalue weighted by Gasteiger charge is 2.36. The van der Waals surface area contributed by atoms with Gasteiger partial charge in [0.2, 0.25) is 5.91 Å². The standard InChI is InChI=1S/C20H23NO2/c1-20(23,14-21-19(22)17-12-13-17)18(15-8-4-2-5-9-15)16-10-6-3-7-11-16/h2-11,17-18,23H,12-14H2,1H3,(H,21,22)/t20-/m1/s1. The lowest BCUT2D eigenvalue weighted by atomic mass is 9.78. The van der Waals surface area contributed by atoms with E-state index < -0.39 is 5.60 Å². The molecule has 1 aliphatic carbocycles. The number of aliphatic hydroxyl groups is 1. The topological polar surface area (TPSA) is 49.3 Å². The van der Waals surface area contributed by atoms with Crippen LogP contribution in [-0.2, 0) is 4.79 Å². The second kappa shape index (κ2) is 6.55. The zero-order valence-corrected chi connectivity index (χ0v) is 13.4. The molecule has 3 rings (SSSR count). The van der Waals surface area contributed by atoms with Gasteiger partial charge in [-0.25, -0.2) is 0 Å². The average Bonchev–Trinajstić information content (AvgIpc) is 3.40. The van der Waals surface area contributed by atoms with Crippen molar-refractivity contribution in [1.29, 1.82) is 0 Å².